The van der Waals surface area contributed by atoms with E-state index in [4.69, 9.17) is 10.5 Å². The molecule has 22 heavy (non-hydrogen) atoms. The molecule has 0 bridgehead atoms. The largest absolute Gasteiger partial charge is 0.444 e. The molecular formula is C16H21N2O4. The summed E-state index contributed by atoms with van der Waals surface area (Å²) in [6, 6.07) is 8.18. The van der Waals surface area contributed by atoms with Crippen LogP contribution in [0.3, 0.4) is 0 Å². The maximum atomic E-state index is 12.1. The van der Waals surface area contributed by atoms with Crippen molar-refractivity contribution in [1.82, 2.24) is 4.90 Å². The number of hydrogen-bond acceptors (Lipinski definition) is 5. The van der Waals surface area contributed by atoms with Crippen molar-refractivity contribution < 1.29 is 19.1 Å². The van der Waals surface area contributed by atoms with Crippen molar-refractivity contribution in [2.75, 3.05) is 6.54 Å². The summed E-state index contributed by atoms with van der Waals surface area (Å²) in [6.07, 6.45) is 1.06. The van der Waals surface area contributed by atoms with Crippen LogP contribution in [0.1, 0.15) is 25.8 Å². The maximum Gasteiger partial charge on any atom is 0.417 e. The van der Waals surface area contributed by atoms with Crippen LogP contribution in [0.25, 0.3) is 0 Å². The van der Waals surface area contributed by atoms with Crippen LogP contribution < -0.4 is 5.73 Å². The predicted molar refractivity (Wildman–Crippen MR) is 81.5 cm³/mol. The van der Waals surface area contributed by atoms with Crippen LogP contribution in [0.15, 0.2) is 30.3 Å². The highest BCUT2D eigenvalue weighted by atomic mass is 16.6. The van der Waals surface area contributed by atoms with Gasteiger partial charge in [0, 0.05) is 0 Å². The number of rotatable bonds is 7. The van der Waals surface area contributed by atoms with Gasteiger partial charge in [-0.1, -0.05) is 44.2 Å². The monoisotopic (exact) mass is 305 g/mol. The highest BCUT2D eigenvalue weighted by molar-refractivity contribution is 5.96. The predicted octanol–water partition coefficient (Wildman–Crippen LogP) is 1.63. The minimum Gasteiger partial charge on any atom is -0.444 e. The van der Waals surface area contributed by atoms with Crippen LogP contribution in [0.5, 0.6) is 0 Å². The third-order valence-corrected chi connectivity index (χ3v) is 2.96. The number of imide groups is 1. The van der Waals surface area contributed by atoms with E-state index in [1.807, 2.05) is 32.0 Å². The van der Waals surface area contributed by atoms with Crippen molar-refractivity contribution in [3.8, 4) is 0 Å². The van der Waals surface area contributed by atoms with Crippen molar-refractivity contribution in [1.29, 1.82) is 0 Å². The van der Waals surface area contributed by atoms with Crippen LogP contribution in [0.2, 0.25) is 0 Å². The Hall–Kier alpha value is -2.21. The number of nitrogens with two attached hydrogens (primary N) is 1. The lowest BCUT2D eigenvalue weighted by atomic mass is 10.0. The first-order chi connectivity index (χ1) is 10.5. The summed E-state index contributed by atoms with van der Waals surface area (Å²) in [7, 11) is 0. The lowest BCUT2D eigenvalue weighted by Gasteiger charge is -2.22. The van der Waals surface area contributed by atoms with Gasteiger partial charge < -0.3 is 10.5 Å². The molecule has 1 atom stereocenters. The van der Waals surface area contributed by atoms with Gasteiger partial charge in [-0.25, -0.2) is 9.69 Å². The van der Waals surface area contributed by atoms with E-state index in [2.05, 4.69) is 0 Å². The van der Waals surface area contributed by atoms with Crippen molar-refractivity contribution >= 4 is 18.3 Å². The molecule has 2 N–H and O–H groups in total. The quantitative estimate of drug-likeness (QED) is 0.827. The van der Waals surface area contributed by atoms with E-state index >= 15 is 0 Å². The van der Waals surface area contributed by atoms with Crippen molar-refractivity contribution in [2.24, 2.45) is 11.7 Å². The second kappa shape index (κ2) is 8.94. The third kappa shape index (κ3) is 5.65. The van der Waals surface area contributed by atoms with Crippen LogP contribution in [0.4, 0.5) is 4.79 Å². The van der Waals surface area contributed by atoms with Gasteiger partial charge in [0.15, 0.2) is 0 Å². The van der Waals surface area contributed by atoms with Gasteiger partial charge in [-0.3, -0.25) is 9.59 Å². The molecule has 0 aliphatic rings. The fourth-order valence-electron chi connectivity index (χ4n) is 1.90. The van der Waals surface area contributed by atoms with E-state index in [9.17, 15) is 14.4 Å². The second-order valence-corrected chi connectivity index (χ2v) is 5.34. The fourth-order valence-corrected chi connectivity index (χ4v) is 1.90. The zero-order chi connectivity index (χ0) is 16.5. The lowest BCUT2D eigenvalue weighted by molar-refractivity contribution is -0.130. The molecule has 1 aromatic rings. The number of ether oxygens (including phenoxy) is 1. The molecule has 0 aromatic heterocycles. The molecule has 0 saturated carbocycles. The number of nitrogens with zero attached hydrogens (tertiary/aromatic N) is 1. The normalized spacial score (nSPS) is 11.8. The SMILES string of the molecule is CC(C)C[C@H](N)C(=O)N(C[C]=O)C(=O)OCc1ccccc1. The summed E-state index contributed by atoms with van der Waals surface area (Å²) in [5, 5.41) is 0. The van der Waals surface area contributed by atoms with Crippen LogP contribution in [0, 0.1) is 5.92 Å². The van der Waals surface area contributed by atoms with E-state index in [0.717, 1.165) is 5.56 Å². The molecule has 6 heteroatoms. The number of amides is 2. The summed E-state index contributed by atoms with van der Waals surface area (Å²) in [4.78, 5) is 35.4. The smallest absolute Gasteiger partial charge is 0.417 e. The summed E-state index contributed by atoms with van der Waals surface area (Å²) in [5.41, 5.74) is 6.55. The Morgan fingerprint density at radius 3 is 2.45 bits per heavy atom. The Bertz CT molecular complexity index is 502. The molecule has 6 nitrogen and oxygen atoms in total. The Labute approximate surface area is 130 Å². The van der Waals surface area contributed by atoms with Crippen molar-refractivity contribution in [3.63, 3.8) is 0 Å². The third-order valence-electron chi connectivity index (χ3n) is 2.96. The van der Waals surface area contributed by atoms with E-state index < -0.39 is 24.6 Å². The summed E-state index contributed by atoms with van der Waals surface area (Å²) in [5.74, 6) is -0.434. The van der Waals surface area contributed by atoms with Gasteiger partial charge in [0.05, 0.1) is 12.6 Å². The molecule has 0 saturated heterocycles. The highest BCUT2D eigenvalue weighted by Crippen LogP contribution is 2.08. The standard InChI is InChI=1S/C16H21N2O4/c1-12(2)10-14(17)15(20)18(8-9-19)16(21)22-11-13-6-4-3-5-7-13/h3-7,12,14H,8,10-11,17H2,1-2H3/t14-/m0/s1. The van der Waals surface area contributed by atoms with E-state index in [0.29, 0.717) is 11.3 Å². The maximum absolute atomic E-state index is 12.1. The van der Waals surface area contributed by atoms with E-state index in [1.54, 1.807) is 12.1 Å². The van der Waals surface area contributed by atoms with E-state index in [-0.39, 0.29) is 12.5 Å². The molecule has 0 aliphatic heterocycles. The molecule has 1 aromatic carbocycles. The van der Waals surface area contributed by atoms with E-state index in [1.165, 1.54) is 6.29 Å². The Morgan fingerprint density at radius 2 is 1.91 bits per heavy atom. The summed E-state index contributed by atoms with van der Waals surface area (Å²) >= 11 is 0. The van der Waals surface area contributed by atoms with Gasteiger partial charge in [0.25, 0.3) is 0 Å². The zero-order valence-electron chi connectivity index (χ0n) is 12.8. The molecular weight excluding hydrogens is 284 g/mol. The average molecular weight is 305 g/mol. The number of hydrogen-bond donors (Lipinski definition) is 1. The molecule has 2 amide bonds. The minimum absolute atomic E-state index is 0.0156. The second-order valence-electron chi connectivity index (χ2n) is 5.34. The van der Waals surface area contributed by atoms with Gasteiger partial charge in [-0.2, -0.15) is 0 Å². The van der Waals surface area contributed by atoms with Gasteiger partial charge in [-0.05, 0) is 17.9 Å². The fraction of sp³-hybridized carbons (Fsp3) is 0.438. The number of carbonyl (C=O) groups excluding carboxylic acids is 3. The van der Waals surface area contributed by atoms with Crippen molar-refractivity contribution in [3.05, 3.63) is 35.9 Å². The molecule has 119 valence electrons. The Kier molecular flexibility index (Phi) is 7.25. The number of carbonyl (C=O) groups is 2. The topological polar surface area (TPSA) is 89.7 Å². The van der Waals surface area contributed by atoms with Gasteiger partial charge in [0.1, 0.15) is 6.61 Å². The zero-order valence-corrected chi connectivity index (χ0v) is 12.8. The first kappa shape index (κ1) is 17.8. The molecule has 0 aliphatic carbocycles. The minimum atomic E-state index is -0.892. The van der Waals surface area contributed by atoms with Gasteiger partial charge in [0.2, 0.25) is 12.2 Å². The first-order valence-corrected chi connectivity index (χ1v) is 7.08. The first-order valence-electron chi connectivity index (χ1n) is 7.08. The molecule has 0 unspecified atom stereocenters. The number of benzene rings is 1. The lowest BCUT2D eigenvalue weighted by Crippen LogP contribution is -2.48. The molecule has 0 heterocycles. The summed E-state index contributed by atoms with van der Waals surface area (Å²) in [6.45, 7) is 3.36. The van der Waals surface area contributed by atoms with Gasteiger partial charge >= 0.3 is 6.09 Å². The molecule has 0 fully saturated rings. The highest BCUT2D eigenvalue weighted by Gasteiger charge is 2.28. The molecule has 0 spiro atoms. The molecule has 1 rings (SSSR count). The van der Waals surface area contributed by atoms with Crippen LogP contribution in [-0.4, -0.2) is 35.8 Å². The molecule has 1 radical (unpaired) electrons. The summed E-state index contributed by atoms with van der Waals surface area (Å²) < 4.78 is 5.05. The van der Waals surface area contributed by atoms with Crippen LogP contribution in [-0.2, 0) is 20.9 Å². The van der Waals surface area contributed by atoms with Crippen molar-refractivity contribution in [2.45, 2.75) is 32.9 Å². The average Bonchev–Trinajstić information content (AvgIpc) is 2.50. The Morgan fingerprint density at radius 1 is 1.27 bits per heavy atom. The Balaban J connectivity index is 2.66. The van der Waals surface area contributed by atoms with Crippen LogP contribution >= 0.6 is 0 Å². The van der Waals surface area contributed by atoms with Gasteiger partial charge in [-0.15, -0.1) is 0 Å².